The van der Waals surface area contributed by atoms with Crippen LogP contribution in [0.4, 0.5) is 13.2 Å². The average Bonchev–Trinajstić information content (AvgIpc) is 2.29. The molecule has 0 bridgehead atoms. The quantitative estimate of drug-likeness (QED) is 0.810. The Kier molecular flexibility index (Phi) is 5.98. The van der Waals surface area contributed by atoms with Gasteiger partial charge in [-0.1, -0.05) is 18.2 Å². The Hall–Kier alpha value is -0.720. The van der Waals surface area contributed by atoms with Gasteiger partial charge >= 0.3 is 6.18 Å². The van der Waals surface area contributed by atoms with E-state index in [1.54, 1.807) is 18.8 Å². The number of thioether (sulfide) groups is 1. The second-order valence-corrected chi connectivity index (χ2v) is 5.15. The highest BCUT2D eigenvalue weighted by Crippen LogP contribution is 2.21. The summed E-state index contributed by atoms with van der Waals surface area (Å²) in [7, 11) is 1.57. The lowest BCUT2D eigenvalue weighted by Gasteiger charge is -2.21. The lowest BCUT2D eigenvalue weighted by Crippen LogP contribution is -2.40. The first kappa shape index (κ1) is 15.3. The van der Waals surface area contributed by atoms with Gasteiger partial charge in [-0.25, -0.2) is 0 Å². The first-order chi connectivity index (χ1) is 8.39. The van der Waals surface area contributed by atoms with E-state index in [0.29, 0.717) is 12.3 Å². The normalized spacial score (nSPS) is 13.9. The summed E-state index contributed by atoms with van der Waals surface area (Å²) in [5.41, 5.74) is 0. The molecule has 102 valence electrons. The standard InChI is InChI=1S/C12H16F3NOS/c1-16(9-11(17)12(13,14)15)7-8-18-10-5-3-2-4-6-10/h2-6,11,17H,7-9H2,1H3. The maximum absolute atomic E-state index is 12.1. The van der Waals surface area contributed by atoms with E-state index in [-0.39, 0.29) is 0 Å². The van der Waals surface area contributed by atoms with Crippen molar-refractivity contribution in [2.45, 2.75) is 17.2 Å². The number of hydrogen-bond donors (Lipinski definition) is 1. The number of rotatable bonds is 6. The fourth-order valence-corrected chi connectivity index (χ4v) is 2.31. The van der Waals surface area contributed by atoms with Gasteiger partial charge in [0.15, 0.2) is 6.10 Å². The van der Waals surface area contributed by atoms with E-state index in [0.717, 1.165) is 4.90 Å². The molecular formula is C12H16F3NOS. The predicted octanol–water partition coefficient (Wildman–Crippen LogP) is 2.63. The first-order valence-corrected chi connectivity index (χ1v) is 6.49. The van der Waals surface area contributed by atoms with Crippen LogP contribution < -0.4 is 0 Å². The molecule has 18 heavy (non-hydrogen) atoms. The molecular weight excluding hydrogens is 263 g/mol. The molecule has 0 saturated heterocycles. The Morgan fingerprint density at radius 3 is 2.44 bits per heavy atom. The molecule has 1 atom stereocenters. The molecule has 1 unspecified atom stereocenters. The summed E-state index contributed by atoms with van der Waals surface area (Å²) >= 11 is 1.58. The van der Waals surface area contributed by atoms with Crippen molar-refractivity contribution in [1.82, 2.24) is 4.90 Å². The van der Waals surface area contributed by atoms with E-state index in [4.69, 9.17) is 5.11 Å². The first-order valence-electron chi connectivity index (χ1n) is 5.51. The third-order valence-electron chi connectivity index (χ3n) is 2.35. The summed E-state index contributed by atoms with van der Waals surface area (Å²) in [5, 5.41) is 8.90. The number of benzene rings is 1. The number of nitrogens with zero attached hydrogens (tertiary/aromatic N) is 1. The van der Waals surface area contributed by atoms with Gasteiger partial charge in [0.25, 0.3) is 0 Å². The van der Waals surface area contributed by atoms with Crippen LogP contribution in [0.1, 0.15) is 0 Å². The summed E-state index contributed by atoms with van der Waals surface area (Å²) in [4.78, 5) is 2.57. The molecule has 0 fully saturated rings. The Morgan fingerprint density at radius 2 is 1.89 bits per heavy atom. The molecule has 0 amide bonds. The van der Waals surface area contributed by atoms with Crippen molar-refractivity contribution in [1.29, 1.82) is 0 Å². The minimum atomic E-state index is -4.54. The van der Waals surface area contributed by atoms with Crippen LogP contribution in [0.2, 0.25) is 0 Å². The number of hydrogen-bond acceptors (Lipinski definition) is 3. The number of aliphatic hydroxyl groups excluding tert-OH is 1. The summed E-state index contributed by atoms with van der Waals surface area (Å²) in [6.07, 6.45) is -6.81. The summed E-state index contributed by atoms with van der Waals surface area (Å²) in [5.74, 6) is 0.686. The monoisotopic (exact) mass is 279 g/mol. The van der Waals surface area contributed by atoms with Gasteiger partial charge in [0.05, 0.1) is 0 Å². The Morgan fingerprint density at radius 1 is 1.28 bits per heavy atom. The number of alkyl halides is 3. The van der Waals surface area contributed by atoms with E-state index in [9.17, 15) is 13.2 Å². The van der Waals surface area contributed by atoms with Gasteiger partial charge in [-0.2, -0.15) is 13.2 Å². The van der Waals surface area contributed by atoms with E-state index < -0.39 is 18.8 Å². The van der Waals surface area contributed by atoms with Gasteiger partial charge in [0, 0.05) is 23.7 Å². The van der Waals surface area contributed by atoms with Crippen LogP contribution in [0.15, 0.2) is 35.2 Å². The third kappa shape index (κ3) is 5.75. The van der Waals surface area contributed by atoms with E-state index in [1.807, 2.05) is 30.3 Å². The number of likely N-dealkylation sites (N-methyl/N-ethyl adjacent to an activating group) is 1. The van der Waals surface area contributed by atoms with Crippen molar-refractivity contribution in [3.8, 4) is 0 Å². The van der Waals surface area contributed by atoms with Gasteiger partial charge < -0.3 is 10.0 Å². The zero-order valence-corrected chi connectivity index (χ0v) is 10.8. The van der Waals surface area contributed by atoms with Crippen LogP contribution in [0.5, 0.6) is 0 Å². The second kappa shape index (κ2) is 7.01. The van der Waals surface area contributed by atoms with Gasteiger partial charge in [-0.15, -0.1) is 11.8 Å². The number of aliphatic hydroxyl groups is 1. The van der Waals surface area contributed by atoms with Gasteiger partial charge in [-0.3, -0.25) is 0 Å². The Labute approximate surface area is 109 Å². The molecule has 0 spiro atoms. The summed E-state index contributed by atoms with van der Waals surface area (Å²) in [6, 6.07) is 9.65. The van der Waals surface area contributed by atoms with Crippen LogP contribution in [-0.2, 0) is 0 Å². The molecule has 0 saturated carbocycles. The smallest absolute Gasteiger partial charge is 0.382 e. The SMILES string of the molecule is CN(CCSc1ccccc1)CC(O)C(F)(F)F. The van der Waals surface area contributed by atoms with Crippen LogP contribution in [0.3, 0.4) is 0 Å². The highest BCUT2D eigenvalue weighted by Gasteiger charge is 2.38. The molecule has 6 heteroatoms. The fourth-order valence-electron chi connectivity index (χ4n) is 1.33. The Balaban J connectivity index is 2.24. The highest BCUT2D eigenvalue weighted by atomic mass is 32.2. The van der Waals surface area contributed by atoms with Crippen molar-refractivity contribution in [2.75, 3.05) is 25.9 Å². The van der Waals surface area contributed by atoms with Crippen molar-refractivity contribution in [3.05, 3.63) is 30.3 Å². The van der Waals surface area contributed by atoms with E-state index >= 15 is 0 Å². The average molecular weight is 279 g/mol. The second-order valence-electron chi connectivity index (χ2n) is 3.98. The van der Waals surface area contributed by atoms with Crippen molar-refractivity contribution in [3.63, 3.8) is 0 Å². The molecule has 1 N–H and O–H groups in total. The zero-order chi connectivity index (χ0) is 13.6. The fraction of sp³-hybridized carbons (Fsp3) is 0.500. The molecule has 1 rings (SSSR count). The molecule has 0 aliphatic heterocycles. The molecule has 0 heterocycles. The zero-order valence-electron chi connectivity index (χ0n) is 10.0. The molecule has 0 aromatic heterocycles. The highest BCUT2D eigenvalue weighted by molar-refractivity contribution is 7.99. The number of halogens is 3. The molecule has 2 nitrogen and oxygen atoms in total. The van der Waals surface area contributed by atoms with Gasteiger partial charge in [0.1, 0.15) is 0 Å². The predicted molar refractivity (Wildman–Crippen MR) is 66.7 cm³/mol. The minimum Gasteiger partial charge on any atom is -0.382 e. The molecule has 1 aromatic carbocycles. The van der Waals surface area contributed by atoms with Gasteiger partial charge in [0.2, 0.25) is 0 Å². The summed E-state index contributed by atoms with van der Waals surface area (Å²) in [6.45, 7) is 0.103. The van der Waals surface area contributed by atoms with Crippen molar-refractivity contribution < 1.29 is 18.3 Å². The van der Waals surface area contributed by atoms with Crippen LogP contribution in [0, 0.1) is 0 Å². The maximum Gasteiger partial charge on any atom is 0.415 e. The minimum absolute atomic E-state index is 0.390. The topological polar surface area (TPSA) is 23.5 Å². The van der Waals surface area contributed by atoms with E-state index in [1.165, 1.54) is 4.90 Å². The van der Waals surface area contributed by atoms with Gasteiger partial charge in [-0.05, 0) is 19.2 Å². The largest absolute Gasteiger partial charge is 0.415 e. The molecule has 1 aromatic rings. The van der Waals surface area contributed by atoms with Crippen LogP contribution in [-0.4, -0.2) is 48.2 Å². The lowest BCUT2D eigenvalue weighted by molar-refractivity contribution is -0.207. The molecule has 0 radical (unpaired) electrons. The van der Waals surface area contributed by atoms with E-state index in [2.05, 4.69) is 0 Å². The third-order valence-corrected chi connectivity index (χ3v) is 3.34. The van der Waals surface area contributed by atoms with Crippen LogP contribution in [0.25, 0.3) is 0 Å². The van der Waals surface area contributed by atoms with Crippen molar-refractivity contribution in [2.24, 2.45) is 0 Å². The van der Waals surface area contributed by atoms with Crippen molar-refractivity contribution >= 4 is 11.8 Å². The molecule has 0 aliphatic rings. The lowest BCUT2D eigenvalue weighted by atomic mass is 10.3. The Bertz CT molecular complexity index is 345. The summed E-state index contributed by atoms with van der Waals surface area (Å²) < 4.78 is 36.3. The maximum atomic E-state index is 12.1. The van der Waals surface area contributed by atoms with Crippen LogP contribution >= 0.6 is 11.8 Å². The molecule has 0 aliphatic carbocycles.